The van der Waals surface area contributed by atoms with Crippen LogP contribution in [0.5, 0.6) is 0 Å². The molecule has 1 saturated heterocycles. The summed E-state index contributed by atoms with van der Waals surface area (Å²) in [6, 6.07) is 2.04. The molecule has 0 aromatic carbocycles. The van der Waals surface area contributed by atoms with E-state index in [4.69, 9.17) is 9.72 Å². The molecular formula is C24H31N7O3S. The summed E-state index contributed by atoms with van der Waals surface area (Å²) >= 11 is 1.56. The SMILES string of the molecule is CCCOC(=O)NC1CCN(C(=O)c2cc(NC(C)C3CC3)nc(-c3cnn4ccsc34)n2)CC1. The van der Waals surface area contributed by atoms with Crippen molar-refractivity contribution in [3.8, 4) is 11.4 Å². The van der Waals surface area contributed by atoms with Gasteiger partial charge < -0.3 is 20.3 Å². The Labute approximate surface area is 208 Å². The van der Waals surface area contributed by atoms with Crippen LogP contribution in [-0.2, 0) is 4.74 Å². The first kappa shape index (κ1) is 23.5. The number of piperidine rings is 1. The Balaban J connectivity index is 1.33. The molecule has 1 aliphatic carbocycles. The van der Waals surface area contributed by atoms with Crippen LogP contribution in [0.2, 0.25) is 0 Å². The number of fused-ring (bicyclic) bond motifs is 1. The molecule has 0 spiro atoms. The van der Waals surface area contributed by atoms with Gasteiger partial charge in [-0.05, 0) is 44.9 Å². The molecule has 1 saturated carbocycles. The van der Waals surface area contributed by atoms with Gasteiger partial charge in [0.1, 0.15) is 16.3 Å². The van der Waals surface area contributed by atoms with E-state index in [0.717, 1.165) is 16.8 Å². The van der Waals surface area contributed by atoms with Crippen LogP contribution in [0.4, 0.5) is 10.6 Å². The highest BCUT2D eigenvalue weighted by Crippen LogP contribution is 2.34. The van der Waals surface area contributed by atoms with Crippen molar-refractivity contribution in [1.29, 1.82) is 0 Å². The Morgan fingerprint density at radius 1 is 1.23 bits per heavy atom. The molecule has 2 amide bonds. The third-order valence-electron chi connectivity index (χ3n) is 6.56. The number of amides is 2. The lowest BCUT2D eigenvalue weighted by molar-refractivity contribution is 0.0696. The number of nitrogens with zero attached hydrogens (tertiary/aromatic N) is 5. The second-order valence-corrected chi connectivity index (χ2v) is 10.2. The van der Waals surface area contributed by atoms with Crippen LogP contribution in [0.3, 0.4) is 0 Å². The molecule has 3 aromatic rings. The molecular weight excluding hydrogens is 466 g/mol. The number of hydrogen-bond donors (Lipinski definition) is 2. The molecule has 2 N–H and O–H groups in total. The van der Waals surface area contributed by atoms with E-state index in [0.29, 0.717) is 55.8 Å². The van der Waals surface area contributed by atoms with E-state index in [9.17, 15) is 9.59 Å². The van der Waals surface area contributed by atoms with Gasteiger partial charge in [0, 0.05) is 42.8 Å². The maximum atomic E-state index is 13.5. The average Bonchev–Trinajstić information content (AvgIpc) is 3.48. The first-order valence-corrected chi connectivity index (χ1v) is 13.2. The van der Waals surface area contributed by atoms with E-state index in [1.165, 1.54) is 12.8 Å². The van der Waals surface area contributed by atoms with Gasteiger partial charge in [0.2, 0.25) is 0 Å². The van der Waals surface area contributed by atoms with Crippen LogP contribution in [-0.4, -0.2) is 68.3 Å². The lowest BCUT2D eigenvalue weighted by Crippen LogP contribution is -2.46. The van der Waals surface area contributed by atoms with Gasteiger partial charge in [0.15, 0.2) is 5.82 Å². The Bertz CT molecular complexity index is 1200. The second-order valence-electron chi connectivity index (χ2n) is 9.29. The number of thiazole rings is 1. The molecule has 2 fully saturated rings. The van der Waals surface area contributed by atoms with Gasteiger partial charge in [-0.1, -0.05) is 6.92 Å². The summed E-state index contributed by atoms with van der Waals surface area (Å²) in [4.78, 5) is 37.5. The molecule has 0 bridgehead atoms. The Kier molecular flexibility index (Phi) is 6.85. The second kappa shape index (κ2) is 10.2. The number of carbonyl (C=O) groups is 2. The minimum atomic E-state index is -0.390. The summed E-state index contributed by atoms with van der Waals surface area (Å²) in [6.45, 7) is 5.60. The molecule has 5 rings (SSSR count). The van der Waals surface area contributed by atoms with Crippen molar-refractivity contribution < 1.29 is 14.3 Å². The van der Waals surface area contributed by atoms with Crippen molar-refractivity contribution in [3.63, 3.8) is 0 Å². The number of anilines is 1. The zero-order valence-electron chi connectivity index (χ0n) is 20.1. The Hall–Kier alpha value is -3.21. The number of carbonyl (C=O) groups excluding carboxylic acids is 2. The lowest BCUT2D eigenvalue weighted by Gasteiger charge is -2.32. The molecule has 0 radical (unpaired) electrons. The number of likely N-dealkylation sites (tertiary alicyclic amines) is 1. The van der Waals surface area contributed by atoms with Crippen LogP contribution >= 0.6 is 11.3 Å². The predicted molar refractivity (Wildman–Crippen MR) is 134 cm³/mol. The van der Waals surface area contributed by atoms with Gasteiger partial charge in [0.25, 0.3) is 5.91 Å². The number of aromatic nitrogens is 4. The summed E-state index contributed by atoms with van der Waals surface area (Å²) in [7, 11) is 0. The molecule has 11 heteroatoms. The maximum absolute atomic E-state index is 13.5. The maximum Gasteiger partial charge on any atom is 0.407 e. The number of rotatable bonds is 8. The molecule has 186 valence electrons. The van der Waals surface area contributed by atoms with Gasteiger partial charge in [-0.2, -0.15) is 5.10 Å². The zero-order chi connectivity index (χ0) is 24.4. The first-order valence-electron chi connectivity index (χ1n) is 12.3. The van der Waals surface area contributed by atoms with Gasteiger partial charge >= 0.3 is 6.09 Å². The average molecular weight is 498 g/mol. The van der Waals surface area contributed by atoms with Crippen LogP contribution in [0.15, 0.2) is 23.8 Å². The van der Waals surface area contributed by atoms with Gasteiger partial charge in [0.05, 0.1) is 18.4 Å². The molecule has 10 nitrogen and oxygen atoms in total. The zero-order valence-corrected chi connectivity index (χ0v) is 20.9. The molecule has 3 aromatic heterocycles. The van der Waals surface area contributed by atoms with E-state index in [1.807, 2.05) is 18.5 Å². The minimum Gasteiger partial charge on any atom is -0.450 e. The molecule has 2 aliphatic rings. The third kappa shape index (κ3) is 5.39. The fourth-order valence-corrected chi connectivity index (χ4v) is 5.16. The Morgan fingerprint density at radius 3 is 2.77 bits per heavy atom. The van der Waals surface area contributed by atoms with E-state index in [-0.39, 0.29) is 18.0 Å². The predicted octanol–water partition coefficient (Wildman–Crippen LogP) is 3.80. The van der Waals surface area contributed by atoms with E-state index >= 15 is 0 Å². The fourth-order valence-electron chi connectivity index (χ4n) is 4.37. The standard InChI is InChI=1S/C24H31N7O3S/c1-3-11-34-24(33)27-17-6-8-30(9-7-17)22(32)19-13-20(26-15(2)16-4-5-16)29-21(28-19)18-14-25-31-10-12-35-23(18)31/h10,12-17H,3-9,11H2,1-2H3,(H,27,33)(H,26,28,29). The smallest absolute Gasteiger partial charge is 0.407 e. The molecule has 1 unspecified atom stereocenters. The topological polar surface area (TPSA) is 114 Å². The van der Waals surface area contributed by atoms with Gasteiger partial charge in [-0.15, -0.1) is 11.3 Å². The highest BCUT2D eigenvalue weighted by molar-refractivity contribution is 7.16. The van der Waals surface area contributed by atoms with Crippen LogP contribution in [0, 0.1) is 5.92 Å². The lowest BCUT2D eigenvalue weighted by atomic mass is 10.0. The molecule has 35 heavy (non-hydrogen) atoms. The van der Waals surface area contributed by atoms with Crippen LogP contribution in [0.1, 0.15) is 56.4 Å². The van der Waals surface area contributed by atoms with Crippen molar-refractivity contribution >= 4 is 34.0 Å². The summed E-state index contributed by atoms with van der Waals surface area (Å²) in [5, 5.41) is 12.7. The van der Waals surface area contributed by atoms with E-state index in [2.05, 4.69) is 27.6 Å². The highest BCUT2D eigenvalue weighted by atomic mass is 32.1. The van der Waals surface area contributed by atoms with Crippen molar-refractivity contribution in [2.45, 2.75) is 58.0 Å². The van der Waals surface area contributed by atoms with Crippen LogP contribution < -0.4 is 10.6 Å². The van der Waals surface area contributed by atoms with Gasteiger partial charge in [-0.3, -0.25) is 4.79 Å². The van der Waals surface area contributed by atoms with Crippen molar-refractivity contribution in [1.82, 2.24) is 29.8 Å². The van der Waals surface area contributed by atoms with Crippen LogP contribution in [0.25, 0.3) is 16.2 Å². The summed E-state index contributed by atoms with van der Waals surface area (Å²) in [5.74, 6) is 1.67. The number of hydrogen-bond acceptors (Lipinski definition) is 8. The summed E-state index contributed by atoms with van der Waals surface area (Å²) in [6.07, 6.45) is 7.81. The number of alkyl carbamates (subject to hydrolysis) is 1. The van der Waals surface area contributed by atoms with Crippen molar-refractivity contribution in [2.75, 3.05) is 25.0 Å². The Morgan fingerprint density at radius 2 is 2.03 bits per heavy atom. The number of nitrogens with one attached hydrogen (secondary N) is 2. The quantitative estimate of drug-likeness (QED) is 0.486. The van der Waals surface area contributed by atoms with Crippen molar-refractivity contribution in [2.24, 2.45) is 5.92 Å². The van der Waals surface area contributed by atoms with E-state index in [1.54, 1.807) is 33.0 Å². The molecule has 1 atom stereocenters. The highest BCUT2D eigenvalue weighted by Gasteiger charge is 2.30. The largest absolute Gasteiger partial charge is 0.450 e. The van der Waals surface area contributed by atoms with Crippen molar-refractivity contribution in [3.05, 3.63) is 29.5 Å². The number of ether oxygens (including phenoxy) is 1. The molecule has 1 aliphatic heterocycles. The van der Waals surface area contributed by atoms with E-state index < -0.39 is 6.09 Å². The van der Waals surface area contributed by atoms with Gasteiger partial charge in [-0.25, -0.2) is 19.3 Å². The fraction of sp³-hybridized carbons (Fsp3) is 0.542. The summed E-state index contributed by atoms with van der Waals surface area (Å²) in [5.41, 5.74) is 1.18. The monoisotopic (exact) mass is 497 g/mol. The third-order valence-corrected chi connectivity index (χ3v) is 7.45. The molecule has 4 heterocycles. The minimum absolute atomic E-state index is 0.000477. The first-order chi connectivity index (χ1) is 17.0. The summed E-state index contributed by atoms with van der Waals surface area (Å²) < 4.78 is 6.91. The normalized spacial score (nSPS) is 17.4.